The molecular formula is C18H27ClFN. The second-order valence-corrected chi connectivity index (χ2v) is 6.96. The highest BCUT2D eigenvalue weighted by molar-refractivity contribution is 6.31. The zero-order valence-electron chi connectivity index (χ0n) is 13.2. The summed E-state index contributed by atoms with van der Waals surface area (Å²) in [5.41, 5.74) is 0.721. The summed E-state index contributed by atoms with van der Waals surface area (Å²) in [5.74, 6) is 0.564. The van der Waals surface area contributed by atoms with Crippen molar-refractivity contribution in [3.63, 3.8) is 0 Å². The lowest BCUT2D eigenvalue weighted by Crippen LogP contribution is -2.32. The van der Waals surface area contributed by atoms with Crippen molar-refractivity contribution in [2.45, 2.75) is 64.3 Å². The van der Waals surface area contributed by atoms with E-state index in [2.05, 4.69) is 19.2 Å². The SMILES string of the molecule is CC(C)NCC(c1c(F)cccc1Cl)C1CCCCCC1. The highest BCUT2D eigenvalue weighted by Gasteiger charge is 2.28. The van der Waals surface area contributed by atoms with Crippen LogP contribution in [0.3, 0.4) is 0 Å². The molecule has 1 N–H and O–H groups in total. The van der Waals surface area contributed by atoms with Gasteiger partial charge in [0, 0.05) is 29.1 Å². The van der Waals surface area contributed by atoms with E-state index < -0.39 is 0 Å². The molecule has 1 aliphatic rings. The molecule has 1 aliphatic carbocycles. The van der Waals surface area contributed by atoms with Crippen molar-refractivity contribution in [1.82, 2.24) is 5.32 Å². The molecule has 3 heteroatoms. The fourth-order valence-electron chi connectivity index (χ4n) is 3.45. The van der Waals surface area contributed by atoms with Crippen LogP contribution in [-0.4, -0.2) is 12.6 Å². The molecule has 0 bridgehead atoms. The minimum Gasteiger partial charge on any atom is -0.314 e. The van der Waals surface area contributed by atoms with Gasteiger partial charge in [0.2, 0.25) is 0 Å². The third-order valence-electron chi connectivity index (χ3n) is 4.59. The van der Waals surface area contributed by atoms with Gasteiger partial charge in [0.05, 0.1) is 0 Å². The van der Waals surface area contributed by atoms with Crippen LogP contribution in [0.1, 0.15) is 63.9 Å². The number of rotatable bonds is 5. The van der Waals surface area contributed by atoms with E-state index in [1.54, 1.807) is 12.1 Å². The minimum atomic E-state index is -0.151. The van der Waals surface area contributed by atoms with E-state index in [0.717, 1.165) is 12.1 Å². The molecule has 1 aromatic carbocycles. The maximum Gasteiger partial charge on any atom is 0.128 e. The zero-order chi connectivity index (χ0) is 15.2. The standard InChI is InChI=1S/C18H27ClFN/c1-13(2)21-12-15(14-8-5-3-4-6-9-14)18-16(19)10-7-11-17(18)20/h7,10-11,13-15,21H,3-6,8-9,12H2,1-2H3. The average Bonchev–Trinajstić information content (AvgIpc) is 2.70. The Morgan fingerprint density at radius 3 is 2.43 bits per heavy atom. The molecule has 0 radical (unpaired) electrons. The van der Waals surface area contributed by atoms with Gasteiger partial charge in [0.15, 0.2) is 0 Å². The molecule has 0 spiro atoms. The van der Waals surface area contributed by atoms with Gasteiger partial charge < -0.3 is 5.32 Å². The van der Waals surface area contributed by atoms with Gasteiger partial charge in [-0.25, -0.2) is 4.39 Å². The molecule has 21 heavy (non-hydrogen) atoms. The summed E-state index contributed by atoms with van der Waals surface area (Å²) in [6.45, 7) is 5.07. The third kappa shape index (κ3) is 4.69. The second kappa shape index (κ2) is 8.14. The molecule has 0 aliphatic heterocycles. The first-order valence-electron chi connectivity index (χ1n) is 8.27. The Kier molecular flexibility index (Phi) is 6.50. The number of halogens is 2. The number of nitrogens with one attached hydrogen (secondary N) is 1. The van der Waals surface area contributed by atoms with Crippen molar-refractivity contribution in [2.24, 2.45) is 5.92 Å². The quantitative estimate of drug-likeness (QED) is 0.705. The van der Waals surface area contributed by atoms with Crippen molar-refractivity contribution < 1.29 is 4.39 Å². The Morgan fingerprint density at radius 2 is 1.86 bits per heavy atom. The zero-order valence-corrected chi connectivity index (χ0v) is 13.9. The summed E-state index contributed by atoms with van der Waals surface area (Å²) in [7, 11) is 0. The Hall–Kier alpha value is -0.600. The van der Waals surface area contributed by atoms with Gasteiger partial charge in [-0.1, -0.05) is 57.2 Å². The molecule has 1 unspecified atom stereocenters. The Bertz CT molecular complexity index is 419. The van der Waals surface area contributed by atoms with Crippen LogP contribution in [0.5, 0.6) is 0 Å². The first-order valence-corrected chi connectivity index (χ1v) is 8.64. The van der Waals surface area contributed by atoms with Crippen LogP contribution in [-0.2, 0) is 0 Å². The van der Waals surface area contributed by atoms with Crippen molar-refractivity contribution in [3.05, 3.63) is 34.6 Å². The molecule has 1 nitrogen and oxygen atoms in total. The Morgan fingerprint density at radius 1 is 1.19 bits per heavy atom. The Balaban J connectivity index is 2.25. The van der Waals surface area contributed by atoms with Gasteiger partial charge in [0.1, 0.15) is 5.82 Å². The van der Waals surface area contributed by atoms with Gasteiger partial charge in [-0.05, 0) is 30.9 Å². The maximum atomic E-state index is 14.4. The molecule has 0 aromatic heterocycles. The molecule has 1 fully saturated rings. The molecule has 2 rings (SSSR count). The lowest BCUT2D eigenvalue weighted by Gasteiger charge is -2.29. The summed E-state index contributed by atoms with van der Waals surface area (Å²) >= 11 is 6.33. The van der Waals surface area contributed by atoms with E-state index in [0.29, 0.717) is 17.0 Å². The first-order chi connectivity index (χ1) is 10.1. The topological polar surface area (TPSA) is 12.0 Å². The fraction of sp³-hybridized carbons (Fsp3) is 0.667. The summed E-state index contributed by atoms with van der Waals surface area (Å²) in [4.78, 5) is 0. The van der Waals surface area contributed by atoms with Crippen molar-refractivity contribution in [1.29, 1.82) is 0 Å². The predicted molar refractivity (Wildman–Crippen MR) is 88.5 cm³/mol. The van der Waals surface area contributed by atoms with Gasteiger partial charge in [-0.2, -0.15) is 0 Å². The average molecular weight is 312 g/mol. The molecular weight excluding hydrogens is 285 g/mol. The van der Waals surface area contributed by atoms with Crippen LogP contribution >= 0.6 is 11.6 Å². The van der Waals surface area contributed by atoms with E-state index in [1.165, 1.54) is 38.5 Å². The van der Waals surface area contributed by atoms with Gasteiger partial charge in [-0.15, -0.1) is 0 Å². The van der Waals surface area contributed by atoms with Crippen LogP contribution in [0, 0.1) is 11.7 Å². The fourth-order valence-corrected chi connectivity index (χ4v) is 3.75. The summed E-state index contributed by atoms with van der Waals surface area (Å²) in [5, 5.41) is 4.07. The normalized spacial score (nSPS) is 18.7. The molecule has 1 saturated carbocycles. The highest BCUT2D eigenvalue weighted by Crippen LogP contribution is 2.38. The highest BCUT2D eigenvalue weighted by atomic mass is 35.5. The van der Waals surface area contributed by atoms with E-state index in [1.807, 2.05) is 6.07 Å². The summed E-state index contributed by atoms with van der Waals surface area (Å²) in [6, 6.07) is 5.46. The molecule has 1 aromatic rings. The lowest BCUT2D eigenvalue weighted by molar-refractivity contribution is 0.345. The first kappa shape index (κ1) is 16.8. The van der Waals surface area contributed by atoms with E-state index in [-0.39, 0.29) is 11.7 Å². The van der Waals surface area contributed by atoms with E-state index >= 15 is 0 Å². The van der Waals surface area contributed by atoms with Crippen LogP contribution in [0.2, 0.25) is 5.02 Å². The summed E-state index contributed by atoms with van der Waals surface area (Å²) < 4.78 is 14.4. The molecule has 0 heterocycles. The number of hydrogen-bond acceptors (Lipinski definition) is 1. The van der Waals surface area contributed by atoms with Crippen molar-refractivity contribution in [2.75, 3.05) is 6.54 Å². The van der Waals surface area contributed by atoms with E-state index in [9.17, 15) is 4.39 Å². The molecule has 1 atom stereocenters. The molecule has 0 saturated heterocycles. The number of hydrogen-bond donors (Lipinski definition) is 1. The smallest absolute Gasteiger partial charge is 0.128 e. The minimum absolute atomic E-state index is 0.151. The van der Waals surface area contributed by atoms with Gasteiger partial charge >= 0.3 is 0 Å². The third-order valence-corrected chi connectivity index (χ3v) is 4.91. The Labute approximate surface area is 133 Å². The van der Waals surface area contributed by atoms with Gasteiger partial charge in [-0.3, -0.25) is 0 Å². The molecule has 0 amide bonds. The largest absolute Gasteiger partial charge is 0.314 e. The van der Waals surface area contributed by atoms with Crippen LogP contribution in [0.4, 0.5) is 4.39 Å². The van der Waals surface area contributed by atoms with Gasteiger partial charge in [0.25, 0.3) is 0 Å². The maximum absolute atomic E-state index is 14.4. The van der Waals surface area contributed by atoms with Crippen LogP contribution < -0.4 is 5.32 Å². The van der Waals surface area contributed by atoms with Crippen molar-refractivity contribution in [3.8, 4) is 0 Å². The predicted octanol–water partition coefficient (Wildman–Crippen LogP) is 5.53. The van der Waals surface area contributed by atoms with E-state index in [4.69, 9.17) is 11.6 Å². The van der Waals surface area contributed by atoms with Crippen LogP contribution in [0.15, 0.2) is 18.2 Å². The van der Waals surface area contributed by atoms with Crippen LogP contribution in [0.25, 0.3) is 0 Å². The second-order valence-electron chi connectivity index (χ2n) is 6.56. The number of benzene rings is 1. The summed E-state index contributed by atoms with van der Waals surface area (Å²) in [6.07, 6.45) is 7.52. The lowest BCUT2D eigenvalue weighted by atomic mass is 9.81. The monoisotopic (exact) mass is 311 g/mol. The van der Waals surface area contributed by atoms with Crippen molar-refractivity contribution >= 4 is 11.6 Å². The molecule has 118 valence electrons.